The Labute approximate surface area is 131 Å². The molecular formula is C15H15BrN2O3. The van der Waals surface area contributed by atoms with Crippen LogP contribution in [0.4, 0.5) is 17.1 Å². The van der Waals surface area contributed by atoms with Crippen molar-refractivity contribution in [3.8, 4) is 5.75 Å². The van der Waals surface area contributed by atoms with Gasteiger partial charge in [0.25, 0.3) is 0 Å². The number of carbonyl (C=O) groups is 1. The molecule has 0 amide bonds. The van der Waals surface area contributed by atoms with Gasteiger partial charge >= 0.3 is 5.97 Å². The maximum atomic E-state index is 11.6. The summed E-state index contributed by atoms with van der Waals surface area (Å²) in [6, 6.07) is 10.5. The van der Waals surface area contributed by atoms with E-state index in [4.69, 9.17) is 15.2 Å². The Morgan fingerprint density at radius 1 is 1.19 bits per heavy atom. The maximum Gasteiger partial charge on any atom is 0.337 e. The van der Waals surface area contributed by atoms with Gasteiger partial charge in [-0.15, -0.1) is 0 Å². The molecule has 0 aliphatic heterocycles. The zero-order chi connectivity index (χ0) is 15.4. The lowest BCUT2D eigenvalue weighted by atomic mass is 10.1. The van der Waals surface area contributed by atoms with Gasteiger partial charge < -0.3 is 20.5 Å². The minimum absolute atomic E-state index is 0.408. The molecule has 0 aliphatic rings. The number of esters is 1. The van der Waals surface area contributed by atoms with Crippen molar-refractivity contribution in [2.24, 2.45) is 0 Å². The van der Waals surface area contributed by atoms with Crippen LogP contribution in [-0.4, -0.2) is 20.2 Å². The van der Waals surface area contributed by atoms with Gasteiger partial charge in [0.1, 0.15) is 5.75 Å². The van der Waals surface area contributed by atoms with Crippen LogP contribution in [0.15, 0.2) is 40.9 Å². The van der Waals surface area contributed by atoms with Gasteiger partial charge in [0.05, 0.1) is 35.6 Å². The van der Waals surface area contributed by atoms with Gasteiger partial charge in [0.2, 0.25) is 0 Å². The molecule has 0 aliphatic carbocycles. The summed E-state index contributed by atoms with van der Waals surface area (Å²) >= 11 is 3.42. The number of hydrogen-bond donors (Lipinski definition) is 2. The van der Waals surface area contributed by atoms with E-state index in [0.29, 0.717) is 16.9 Å². The van der Waals surface area contributed by atoms with Crippen molar-refractivity contribution in [3.05, 3.63) is 46.4 Å². The Kier molecular flexibility index (Phi) is 4.70. The Morgan fingerprint density at radius 3 is 2.57 bits per heavy atom. The first-order chi connectivity index (χ1) is 10.0. The van der Waals surface area contributed by atoms with Crippen molar-refractivity contribution in [2.75, 3.05) is 25.3 Å². The molecule has 0 heterocycles. The van der Waals surface area contributed by atoms with E-state index in [1.54, 1.807) is 25.3 Å². The van der Waals surface area contributed by atoms with Gasteiger partial charge in [-0.2, -0.15) is 0 Å². The lowest BCUT2D eigenvalue weighted by molar-refractivity contribution is 0.0601. The summed E-state index contributed by atoms with van der Waals surface area (Å²) in [4.78, 5) is 11.6. The molecule has 2 rings (SSSR count). The van der Waals surface area contributed by atoms with E-state index >= 15 is 0 Å². The number of rotatable bonds is 4. The average Bonchev–Trinajstić information content (AvgIpc) is 2.49. The summed E-state index contributed by atoms with van der Waals surface area (Å²) in [6.45, 7) is 0. The van der Waals surface area contributed by atoms with Crippen LogP contribution in [-0.2, 0) is 4.74 Å². The van der Waals surface area contributed by atoms with E-state index in [0.717, 1.165) is 15.9 Å². The quantitative estimate of drug-likeness (QED) is 0.651. The highest BCUT2D eigenvalue weighted by Crippen LogP contribution is 2.31. The molecule has 0 unspecified atom stereocenters. The van der Waals surface area contributed by atoms with Crippen molar-refractivity contribution in [3.63, 3.8) is 0 Å². The number of hydrogen-bond acceptors (Lipinski definition) is 5. The molecule has 0 saturated heterocycles. The third-order valence-electron chi connectivity index (χ3n) is 2.91. The zero-order valence-electron chi connectivity index (χ0n) is 11.6. The van der Waals surface area contributed by atoms with Crippen LogP contribution in [0, 0.1) is 0 Å². The number of anilines is 3. The van der Waals surface area contributed by atoms with E-state index in [1.165, 1.54) is 7.11 Å². The number of nitrogens with two attached hydrogens (primary N) is 1. The second-order valence-corrected chi connectivity index (χ2v) is 5.12. The van der Waals surface area contributed by atoms with E-state index in [1.807, 2.05) is 18.2 Å². The lowest BCUT2D eigenvalue weighted by Gasteiger charge is -2.12. The Bertz CT molecular complexity index is 674. The topological polar surface area (TPSA) is 73.6 Å². The fraction of sp³-hybridized carbons (Fsp3) is 0.133. The van der Waals surface area contributed by atoms with Crippen LogP contribution < -0.4 is 15.8 Å². The number of benzene rings is 2. The van der Waals surface area contributed by atoms with Gasteiger partial charge in [-0.25, -0.2) is 4.79 Å². The molecule has 5 nitrogen and oxygen atoms in total. The second kappa shape index (κ2) is 6.49. The van der Waals surface area contributed by atoms with Crippen LogP contribution in [0.5, 0.6) is 5.75 Å². The highest BCUT2D eigenvalue weighted by Gasteiger charge is 2.09. The highest BCUT2D eigenvalue weighted by molar-refractivity contribution is 9.10. The van der Waals surface area contributed by atoms with E-state index in [-0.39, 0.29) is 0 Å². The second-order valence-electron chi connectivity index (χ2n) is 4.27. The number of halogens is 1. The minimum atomic E-state index is -0.408. The number of nitrogens with one attached hydrogen (secondary N) is 1. The van der Waals surface area contributed by atoms with E-state index < -0.39 is 5.97 Å². The van der Waals surface area contributed by atoms with Gasteiger partial charge in [-0.3, -0.25) is 0 Å². The average molecular weight is 351 g/mol. The SMILES string of the molecule is COC(=O)c1ccc(N)c(Nc2ccc(OC)c(Br)c2)c1. The largest absolute Gasteiger partial charge is 0.496 e. The van der Waals surface area contributed by atoms with E-state index in [2.05, 4.69) is 21.2 Å². The van der Waals surface area contributed by atoms with E-state index in [9.17, 15) is 4.79 Å². The summed E-state index contributed by atoms with van der Waals surface area (Å²) < 4.78 is 10.7. The van der Waals surface area contributed by atoms with Gasteiger partial charge in [-0.1, -0.05) is 0 Å². The van der Waals surface area contributed by atoms with Crippen LogP contribution in [0.2, 0.25) is 0 Å². The van der Waals surface area contributed by atoms with Crippen molar-refractivity contribution in [1.29, 1.82) is 0 Å². The molecule has 0 saturated carbocycles. The number of ether oxygens (including phenoxy) is 2. The van der Waals surface area contributed by atoms with Crippen molar-refractivity contribution in [2.45, 2.75) is 0 Å². The fourth-order valence-corrected chi connectivity index (χ4v) is 2.35. The first kappa shape index (κ1) is 15.2. The Morgan fingerprint density at radius 2 is 1.95 bits per heavy atom. The number of methoxy groups -OCH3 is 2. The molecule has 110 valence electrons. The molecule has 0 fully saturated rings. The number of nitrogen functional groups attached to an aromatic ring is 1. The molecule has 0 radical (unpaired) electrons. The molecule has 0 aromatic heterocycles. The predicted molar refractivity (Wildman–Crippen MR) is 86.2 cm³/mol. The molecule has 0 atom stereocenters. The van der Waals surface area contributed by atoms with Gasteiger partial charge in [0, 0.05) is 5.69 Å². The summed E-state index contributed by atoms with van der Waals surface area (Å²) in [5, 5.41) is 3.17. The molecule has 3 N–H and O–H groups in total. The third kappa shape index (κ3) is 3.46. The predicted octanol–water partition coefficient (Wildman–Crippen LogP) is 3.57. The van der Waals surface area contributed by atoms with Crippen LogP contribution in [0.1, 0.15) is 10.4 Å². The van der Waals surface area contributed by atoms with Gasteiger partial charge in [-0.05, 0) is 52.3 Å². The van der Waals surface area contributed by atoms with Crippen molar-refractivity contribution < 1.29 is 14.3 Å². The maximum absolute atomic E-state index is 11.6. The normalized spacial score (nSPS) is 10.0. The molecule has 0 spiro atoms. The summed E-state index contributed by atoms with van der Waals surface area (Å²) in [5.74, 6) is 0.325. The molecule has 21 heavy (non-hydrogen) atoms. The Balaban J connectivity index is 2.30. The Hall–Kier alpha value is -2.21. The monoisotopic (exact) mass is 350 g/mol. The lowest BCUT2D eigenvalue weighted by Crippen LogP contribution is -2.04. The molecular weight excluding hydrogens is 336 g/mol. The van der Waals surface area contributed by atoms with Crippen LogP contribution >= 0.6 is 15.9 Å². The summed E-state index contributed by atoms with van der Waals surface area (Å²) in [6.07, 6.45) is 0. The smallest absolute Gasteiger partial charge is 0.337 e. The first-order valence-corrected chi connectivity index (χ1v) is 6.93. The van der Waals surface area contributed by atoms with Gasteiger partial charge in [0.15, 0.2) is 0 Å². The zero-order valence-corrected chi connectivity index (χ0v) is 13.2. The van der Waals surface area contributed by atoms with Crippen LogP contribution in [0.3, 0.4) is 0 Å². The first-order valence-electron chi connectivity index (χ1n) is 6.13. The molecule has 2 aromatic rings. The molecule has 2 aromatic carbocycles. The third-order valence-corrected chi connectivity index (χ3v) is 3.52. The standard InChI is InChI=1S/C15H15BrN2O3/c1-20-14-6-4-10(8-11(14)16)18-13-7-9(15(19)21-2)3-5-12(13)17/h3-8,18H,17H2,1-2H3. The highest BCUT2D eigenvalue weighted by atomic mass is 79.9. The molecule has 6 heteroatoms. The van der Waals surface area contributed by atoms with Crippen molar-refractivity contribution in [1.82, 2.24) is 0 Å². The van der Waals surface area contributed by atoms with Crippen LogP contribution in [0.25, 0.3) is 0 Å². The number of carbonyl (C=O) groups excluding carboxylic acids is 1. The van der Waals surface area contributed by atoms with Crippen molar-refractivity contribution >= 4 is 39.0 Å². The summed E-state index contributed by atoms with van der Waals surface area (Å²) in [7, 11) is 2.94. The summed E-state index contributed by atoms with van der Waals surface area (Å²) in [5.41, 5.74) is 8.34. The molecule has 0 bridgehead atoms. The minimum Gasteiger partial charge on any atom is -0.496 e. The fourth-order valence-electron chi connectivity index (χ4n) is 1.81.